The van der Waals surface area contributed by atoms with Gasteiger partial charge in [0.2, 0.25) is 0 Å². The molecule has 16 heavy (non-hydrogen) atoms. The summed E-state index contributed by atoms with van der Waals surface area (Å²) in [7, 11) is 0. The van der Waals surface area contributed by atoms with Crippen molar-refractivity contribution in [3.05, 3.63) is 28.8 Å². The average Bonchev–Trinajstić information content (AvgIpc) is 2.25. The molecule has 1 aromatic rings. The van der Waals surface area contributed by atoms with Crippen LogP contribution in [0.15, 0.2) is 18.2 Å². The minimum atomic E-state index is 0.570. The molecule has 0 unspecified atom stereocenters. The molecule has 1 saturated heterocycles. The van der Waals surface area contributed by atoms with Gasteiger partial charge >= 0.3 is 0 Å². The third-order valence-corrected chi connectivity index (χ3v) is 3.55. The topological polar surface area (TPSA) is 24.1 Å². The molecule has 0 bridgehead atoms. The zero-order valence-electron chi connectivity index (χ0n) is 9.89. The first kappa shape index (κ1) is 11.7. The van der Waals surface area contributed by atoms with Gasteiger partial charge in [-0.15, -0.1) is 0 Å². The fourth-order valence-corrected chi connectivity index (χ4v) is 2.44. The van der Waals surface area contributed by atoms with E-state index in [1.165, 1.54) is 17.7 Å². The molecule has 0 radical (unpaired) electrons. The average molecular weight is 239 g/mol. The Balaban J connectivity index is 2.07. The zero-order chi connectivity index (χ0) is 11.5. The Bertz CT molecular complexity index is 365. The van der Waals surface area contributed by atoms with Crippen molar-refractivity contribution in [2.45, 2.75) is 26.3 Å². The Hall–Kier alpha value is -0.730. The lowest BCUT2D eigenvalue weighted by atomic mass is 9.95. The maximum absolute atomic E-state index is 5.95. The molecule has 1 heterocycles. The quantitative estimate of drug-likeness (QED) is 0.828. The molecular formula is C13H19ClN2. The summed E-state index contributed by atoms with van der Waals surface area (Å²) in [4.78, 5) is 0. The molecule has 3 heteroatoms. The van der Waals surface area contributed by atoms with Gasteiger partial charge in [-0.3, -0.25) is 0 Å². The van der Waals surface area contributed by atoms with Gasteiger partial charge in [0, 0.05) is 16.8 Å². The Morgan fingerprint density at radius 3 is 2.94 bits per heavy atom. The highest BCUT2D eigenvalue weighted by molar-refractivity contribution is 6.30. The number of benzene rings is 1. The molecule has 0 saturated carbocycles. The van der Waals surface area contributed by atoms with E-state index in [9.17, 15) is 0 Å². The highest BCUT2D eigenvalue weighted by atomic mass is 35.5. The monoisotopic (exact) mass is 238 g/mol. The number of hydrogen-bond acceptors (Lipinski definition) is 2. The molecule has 0 amide bonds. The Morgan fingerprint density at radius 2 is 2.25 bits per heavy atom. The molecule has 1 aliphatic heterocycles. The fourth-order valence-electron chi connectivity index (χ4n) is 2.22. The highest BCUT2D eigenvalue weighted by Crippen LogP contribution is 2.23. The van der Waals surface area contributed by atoms with E-state index < -0.39 is 0 Å². The van der Waals surface area contributed by atoms with Crippen LogP contribution >= 0.6 is 11.6 Å². The number of aryl methyl sites for hydroxylation is 1. The summed E-state index contributed by atoms with van der Waals surface area (Å²) < 4.78 is 0. The lowest BCUT2D eigenvalue weighted by Crippen LogP contribution is -2.42. The number of halogens is 1. The van der Waals surface area contributed by atoms with Crippen LogP contribution in [0.4, 0.5) is 5.69 Å². The van der Waals surface area contributed by atoms with Crippen molar-refractivity contribution in [2.24, 2.45) is 5.92 Å². The van der Waals surface area contributed by atoms with Gasteiger partial charge in [-0.05, 0) is 56.1 Å². The van der Waals surface area contributed by atoms with Gasteiger partial charge in [-0.2, -0.15) is 0 Å². The SMILES string of the molecule is Cc1cc(Cl)ccc1N[C@H]1CCNC[C@H]1C. The molecular weight excluding hydrogens is 220 g/mol. The second-order valence-electron chi connectivity index (χ2n) is 4.68. The molecule has 0 spiro atoms. The maximum Gasteiger partial charge on any atom is 0.0410 e. The van der Waals surface area contributed by atoms with Crippen LogP contribution in [0.5, 0.6) is 0 Å². The van der Waals surface area contributed by atoms with E-state index in [0.29, 0.717) is 12.0 Å². The summed E-state index contributed by atoms with van der Waals surface area (Å²) in [6.07, 6.45) is 1.18. The van der Waals surface area contributed by atoms with Crippen LogP contribution in [-0.2, 0) is 0 Å². The van der Waals surface area contributed by atoms with Crippen LogP contribution in [0, 0.1) is 12.8 Å². The molecule has 1 fully saturated rings. The second-order valence-corrected chi connectivity index (χ2v) is 5.12. The highest BCUT2D eigenvalue weighted by Gasteiger charge is 2.20. The molecule has 2 N–H and O–H groups in total. The first-order valence-electron chi connectivity index (χ1n) is 5.90. The van der Waals surface area contributed by atoms with Gasteiger partial charge in [0.1, 0.15) is 0 Å². The Kier molecular flexibility index (Phi) is 3.72. The summed E-state index contributed by atoms with van der Waals surface area (Å²) in [5, 5.41) is 7.85. The second kappa shape index (κ2) is 5.07. The number of rotatable bonds is 2. The maximum atomic E-state index is 5.95. The summed E-state index contributed by atoms with van der Waals surface area (Å²) >= 11 is 5.95. The van der Waals surface area contributed by atoms with Crippen LogP contribution in [0.3, 0.4) is 0 Å². The van der Waals surface area contributed by atoms with E-state index in [1.807, 2.05) is 12.1 Å². The minimum Gasteiger partial charge on any atom is -0.382 e. The predicted molar refractivity (Wildman–Crippen MR) is 70.3 cm³/mol. The van der Waals surface area contributed by atoms with E-state index in [2.05, 4.69) is 30.5 Å². The third kappa shape index (κ3) is 2.69. The van der Waals surface area contributed by atoms with Crippen molar-refractivity contribution < 1.29 is 0 Å². The van der Waals surface area contributed by atoms with Crippen LogP contribution in [0.2, 0.25) is 5.02 Å². The summed E-state index contributed by atoms with van der Waals surface area (Å²) in [6, 6.07) is 6.60. The van der Waals surface area contributed by atoms with E-state index in [1.54, 1.807) is 0 Å². The fraction of sp³-hybridized carbons (Fsp3) is 0.538. The van der Waals surface area contributed by atoms with Crippen LogP contribution in [-0.4, -0.2) is 19.1 Å². The lowest BCUT2D eigenvalue weighted by Gasteiger charge is -2.31. The molecule has 0 aromatic heterocycles. The normalized spacial score (nSPS) is 25.4. The molecule has 2 rings (SSSR count). The van der Waals surface area contributed by atoms with E-state index in [-0.39, 0.29) is 0 Å². The van der Waals surface area contributed by atoms with Crippen molar-refractivity contribution in [1.29, 1.82) is 0 Å². The van der Waals surface area contributed by atoms with E-state index in [4.69, 9.17) is 11.6 Å². The number of nitrogens with one attached hydrogen (secondary N) is 2. The molecule has 2 atom stereocenters. The van der Waals surface area contributed by atoms with Crippen molar-refractivity contribution in [3.63, 3.8) is 0 Å². The first-order valence-corrected chi connectivity index (χ1v) is 6.28. The van der Waals surface area contributed by atoms with E-state index >= 15 is 0 Å². The molecule has 0 aliphatic carbocycles. The van der Waals surface area contributed by atoms with Crippen molar-refractivity contribution in [1.82, 2.24) is 5.32 Å². The Morgan fingerprint density at radius 1 is 1.44 bits per heavy atom. The lowest BCUT2D eigenvalue weighted by molar-refractivity contribution is 0.368. The number of hydrogen-bond donors (Lipinski definition) is 2. The van der Waals surface area contributed by atoms with Gasteiger partial charge in [-0.1, -0.05) is 18.5 Å². The molecule has 88 valence electrons. The van der Waals surface area contributed by atoms with Crippen LogP contribution in [0.1, 0.15) is 18.9 Å². The first-order chi connectivity index (χ1) is 7.66. The molecule has 1 aromatic carbocycles. The van der Waals surface area contributed by atoms with Gasteiger partial charge < -0.3 is 10.6 Å². The minimum absolute atomic E-state index is 0.570. The summed E-state index contributed by atoms with van der Waals surface area (Å²) in [5.74, 6) is 0.670. The summed E-state index contributed by atoms with van der Waals surface area (Å²) in [5.41, 5.74) is 2.43. The van der Waals surface area contributed by atoms with Crippen molar-refractivity contribution in [3.8, 4) is 0 Å². The van der Waals surface area contributed by atoms with Crippen molar-refractivity contribution >= 4 is 17.3 Å². The zero-order valence-corrected chi connectivity index (χ0v) is 10.6. The van der Waals surface area contributed by atoms with E-state index in [0.717, 1.165) is 18.1 Å². The van der Waals surface area contributed by atoms with Crippen LogP contribution in [0.25, 0.3) is 0 Å². The largest absolute Gasteiger partial charge is 0.382 e. The van der Waals surface area contributed by atoms with Gasteiger partial charge in [0.05, 0.1) is 0 Å². The molecule has 1 aliphatic rings. The predicted octanol–water partition coefficient (Wildman–Crippen LogP) is 3.06. The standard InChI is InChI=1S/C13H19ClN2/c1-9-7-11(14)3-4-12(9)16-13-5-6-15-8-10(13)2/h3-4,7,10,13,15-16H,5-6,8H2,1-2H3/t10-,13+/m1/s1. The third-order valence-electron chi connectivity index (χ3n) is 3.31. The smallest absolute Gasteiger partial charge is 0.0410 e. The van der Waals surface area contributed by atoms with Gasteiger partial charge in [-0.25, -0.2) is 0 Å². The van der Waals surface area contributed by atoms with Gasteiger partial charge in [0.25, 0.3) is 0 Å². The Labute approximate surface area is 102 Å². The summed E-state index contributed by atoms with van der Waals surface area (Å²) in [6.45, 7) is 6.59. The van der Waals surface area contributed by atoms with Crippen LogP contribution < -0.4 is 10.6 Å². The number of anilines is 1. The van der Waals surface area contributed by atoms with Gasteiger partial charge in [0.15, 0.2) is 0 Å². The number of piperidine rings is 1. The molecule has 2 nitrogen and oxygen atoms in total. The van der Waals surface area contributed by atoms with Crippen molar-refractivity contribution in [2.75, 3.05) is 18.4 Å².